The molecule has 1 fully saturated rings. The van der Waals surface area contributed by atoms with Crippen LogP contribution in [-0.4, -0.2) is 29.0 Å². The molecule has 9 heteroatoms. The number of fused-ring (bicyclic) bond motifs is 1. The van der Waals surface area contributed by atoms with Crippen LogP contribution < -0.4 is 4.74 Å². The Hall–Kier alpha value is -3.33. The van der Waals surface area contributed by atoms with E-state index in [-0.39, 0.29) is 40.1 Å². The molecule has 28 heavy (non-hydrogen) atoms. The third kappa shape index (κ3) is 2.71. The van der Waals surface area contributed by atoms with Gasteiger partial charge in [0.2, 0.25) is 0 Å². The van der Waals surface area contributed by atoms with E-state index in [0.29, 0.717) is 0 Å². The fourth-order valence-corrected chi connectivity index (χ4v) is 4.95. The van der Waals surface area contributed by atoms with E-state index in [9.17, 15) is 23.3 Å². The van der Waals surface area contributed by atoms with E-state index in [1.165, 1.54) is 42.6 Å². The molecule has 0 aliphatic heterocycles. The molecule has 0 bridgehead atoms. The number of ether oxygens (including phenoxy) is 1. The Labute approximate surface area is 159 Å². The molecule has 0 saturated heterocycles. The number of carbonyl (C=O) groups excluding carboxylic acids is 1. The summed E-state index contributed by atoms with van der Waals surface area (Å²) in [5, 5.41) is 11.4. The third-order valence-corrected chi connectivity index (χ3v) is 7.25. The number of nitrogens with zero attached hydrogens (tertiary/aromatic N) is 2. The zero-order chi connectivity index (χ0) is 19.9. The van der Waals surface area contributed by atoms with Gasteiger partial charge in [-0.2, -0.15) is 0 Å². The number of esters is 1. The zero-order valence-corrected chi connectivity index (χ0v) is 15.3. The molecule has 0 N–H and O–H groups in total. The molecule has 0 atom stereocenters. The molecule has 1 saturated carbocycles. The minimum Gasteiger partial charge on any atom is -0.423 e. The van der Waals surface area contributed by atoms with Crippen LogP contribution in [0.5, 0.6) is 5.75 Å². The van der Waals surface area contributed by atoms with Gasteiger partial charge in [0, 0.05) is 12.3 Å². The van der Waals surface area contributed by atoms with Gasteiger partial charge in [-0.3, -0.25) is 15.1 Å². The Balaban J connectivity index is 1.72. The second-order valence-electron chi connectivity index (χ2n) is 6.44. The SMILES string of the molecule is O=C(Oc1ccc([N+](=O)[O-])c2cccnc12)C1(S(=O)(=O)c2ccccc2)CC1. The van der Waals surface area contributed by atoms with Crippen molar-refractivity contribution in [3.8, 4) is 5.75 Å². The zero-order valence-electron chi connectivity index (χ0n) is 14.4. The number of sulfone groups is 1. The molecule has 0 unspecified atom stereocenters. The van der Waals surface area contributed by atoms with Crippen LogP contribution in [0.2, 0.25) is 0 Å². The van der Waals surface area contributed by atoms with Crippen LogP contribution in [0.4, 0.5) is 5.69 Å². The van der Waals surface area contributed by atoms with Crippen LogP contribution in [0.1, 0.15) is 12.8 Å². The summed E-state index contributed by atoms with van der Waals surface area (Å²) in [6.07, 6.45) is 1.72. The topological polar surface area (TPSA) is 116 Å². The second-order valence-corrected chi connectivity index (χ2v) is 8.70. The van der Waals surface area contributed by atoms with Crippen LogP contribution in [0.25, 0.3) is 10.9 Å². The standard InChI is InChI=1S/C19H14N2O6S/c22-18(19(10-11-19)28(25,26)13-5-2-1-3-6-13)27-16-9-8-15(21(23)24)14-7-4-12-20-17(14)16/h1-9,12H,10-11H2. The van der Waals surface area contributed by atoms with Gasteiger partial charge in [-0.1, -0.05) is 18.2 Å². The van der Waals surface area contributed by atoms with Crippen molar-refractivity contribution >= 4 is 32.4 Å². The minimum atomic E-state index is -3.92. The Morgan fingerprint density at radius 1 is 1.07 bits per heavy atom. The van der Waals surface area contributed by atoms with Gasteiger partial charge >= 0.3 is 5.97 Å². The van der Waals surface area contributed by atoms with Crippen molar-refractivity contribution in [3.63, 3.8) is 0 Å². The maximum atomic E-state index is 12.9. The molecule has 1 aromatic heterocycles. The molecule has 2 aromatic carbocycles. The van der Waals surface area contributed by atoms with Gasteiger partial charge in [-0.05, 0) is 43.2 Å². The van der Waals surface area contributed by atoms with Crippen molar-refractivity contribution in [2.24, 2.45) is 0 Å². The quantitative estimate of drug-likeness (QED) is 0.281. The molecule has 1 heterocycles. The van der Waals surface area contributed by atoms with Crippen LogP contribution >= 0.6 is 0 Å². The summed E-state index contributed by atoms with van der Waals surface area (Å²) in [6, 6.07) is 13.2. The van der Waals surface area contributed by atoms with Crippen molar-refractivity contribution in [3.05, 3.63) is 70.9 Å². The maximum absolute atomic E-state index is 12.9. The molecule has 8 nitrogen and oxygen atoms in total. The average Bonchev–Trinajstić information content (AvgIpc) is 3.51. The smallest absolute Gasteiger partial charge is 0.333 e. The lowest BCUT2D eigenvalue weighted by molar-refractivity contribution is -0.383. The van der Waals surface area contributed by atoms with E-state index in [1.54, 1.807) is 18.2 Å². The largest absolute Gasteiger partial charge is 0.423 e. The Kier molecular flexibility index (Phi) is 4.11. The normalized spacial score (nSPS) is 15.1. The first-order valence-corrected chi connectivity index (χ1v) is 9.89. The molecule has 0 amide bonds. The summed E-state index contributed by atoms with van der Waals surface area (Å²) in [7, 11) is -3.92. The van der Waals surface area contributed by atoms with Crippen LogP contribution in [0, 0.1) is 10.1 Å². The molecular weight excluding hydrogens is 384 g/mol. The average molecular weight is 398 g/mol. The maximum Gasteiger partial charge on any atom is 0.333 e. The summed E-state index contributed by atoms with van der Waals surface area (Å²) in [5.74, 6) is -0.919. The van der Waals surface area contributed by atoms with E-state index >= 15 is 0 Å². The monoisotopic (exact) mass is 398 g/mol. The number of hydrogen-bond donors (Lipinski definition) is 0. The first kappa shape index (κ1) is 18.1. The highest BCUT2D eigenvalue weighted by Gasteiger charge is 2.62. The van der Waals surface area contributed by atoms with Gasteiger partial charge in [0.05, 0.1) is 15.2 Å². The second kappa shape index (κ2) is 6.38. The van der Waals surface area contributed by atoms with E-state index in [1.807, 2.05) is 0 Å². The van der Waals surface area contributed by atoms with Crippen molar-refractivity contribution < 1.29 is 22.9 Å². The van der Waals surface area contributed by atoms with Crippen molar-refractivity contribution in [1.82, 2.24) is 4.98 Å². The molecule has 4 rings (SSSR count). The molecular formula is C19H14N2O6S. The molecule has 142 valence electrons. The summed E-state index contributed by atoms with van der Waals surface area (Å²) < 4.78 is 29.7. The lowest BCUT2D eigenvalue weighted by atomic mass is 10.1. The van der Waals surface area contributed by atoms with Gasteiger partial charge < -0.3 is 4.74 Å². The van der Waals surface area contributed by atoms with Crippen molar-refractivity contribution in [2.75, 3.05) is 0 Å². The summed E-state index contributed by atoms with van der Waals surface area (Å²) >= 11 is 0. The number of pyridine rings is 1. The van der Waals surface area contributed by atoms with Crippen LogP contribution in [-0.2, 0) is 14.6 Å². The molecule has 1 aliphatic rings. The van der Waals surface area contributed by atoms with Gasteiger partial charge in [0.1, 0.15) is 5.52 Å². The Bertz CT molecular complexity index is 1200. The number of carbonyl (C=O) groups is 1. The Morgan fingerprint density at radius 2 is 1.79 bits per heavy atom. The fourth-order valence-electron chi connectivity index (χ4n) is 3.09. The molecule has 0 radical (unpaired) electrons. The van der Waals surface area contributed by atoms with Gasteiger partial charge in [-0.15, -0.1) is 0 Å². The highest BCUT2D eigenvalue weighted by Crippen LogP contribution is 2.48. The molecule has 3 aromatic rings. The number of hydrogen-bond acceptors (Lipinski definition) is 7. The molecule has 0 spiro atoms. The predicted molar refractivity (Wildman–Crippen MR) is 99.6 cm³/mol. The number of aromatic nitrogens is 1. The predicted octanol–water partition coefficient (Wildman–Crippen LogP) is 3.05. The van der Waals surface area contributed by atoms with Gasteiger partial charge in [-0.25, -0.2) is 13.2 Å². The summed E-state index contributed by atoms with van der Waals surface area (Å²) in [5.41, 5.74) is -0.0566. The number of benzene rings is 2. The van der Waals surface area contributed by atoms with Crippen molar-refractivity contribution in [2.45, 2.75) is 22.5 Å². The summed E-state index contributed by atoms with van der Waals surface area (Å²) in [4.78, 5) is 27.6. The fraction of sp³-hybridized carbons (Fsp3) is 0.158. The lowest BCUT2D eigenvalue weighted by Gasteiger charge is -2.16. The van der Waals surface area contributed by atoms with E-state index in [4.69, 9.17) is 4.74 Å². The van der Waals surface area contributed by atoms with Gasteiger partial charge in [0.15, 0.2) is 20.3 Å². The van der Waals surface area contributed by atoms with Crippen LogP contribution in [0.15, 0.2) is 65.7 Å². The Morgan fingerprint density at radius 3 is 2.43 bits per heavy atom. The first-order valence-electron chi connectivity index (χ1n) is 8.41. The van der Waals surface area contributed by atoms with E-state index < -0.39 is 25.5 Å². The summed E-state index contributed by atoms with van der Waals surface area (Å²) in [6.45, 7) is 0. The third-order valence-electron chi connectivity index (χ3n) is 4.75. The van der Waals surface area contributed by atoms with Crippen LogP contribution in [0.3, 0.4) is 0 Å². The molecule has 1 aliphatic carbocycles. The van der Waals surface area contributed by atoms with E-state index in [2.05, 4.69) is 4.98 Å². The number of rotatable bonds is 5. The number of nitro groups is 1. The minimum absolute atomic E-state index is 0.0132. The lowest BCUT2D eigenvalue weighted by Crippen LogP contribution is -2.36. The first-order chi connectivity index (χ1) is 13.4. The van der Waals surface area contributed by atoms with Gasteiger partial charge in [0.25, 0.3) is 5.69 Å². The number of nitro benzene ring substituents is 1. The van der Waals surface area contributed by atoms with E-state index in [0.717, 1.165) is 0 Å². The highest BCUT2D eigenvalue weighted by molar-refractivity contribution is 7.94. The highest BCUT2D eigenvalue weighted by atomic mass is 32.2. The van der Waals surface area contributed by atoms with Crippen molar-refractivity contribution in [1.29, 1.82) is 0 Å². The number of non-ortho nitro benzene ring substituents is 1.